The highest BCUT2D eigenvalue weighted by Gasteiger charge is 2.36. The number of aromatic nitrogens is 1. The fraction of sp³-hybridized carbons (Fsp3) is 0.429. The Morgan fingerprint density at radius 3 is 2.63 bits per heavy atom. The fourth-order valence-electron chi connectivity index (χ4n) is 4.32. The maximum absolute atomic E-state index is 13.8. The predicted octanol–water partition coefficient (Wildman–Crippen LogP) is 2.26. The third-order valence-electron chi connectivity index (χ3n) is 5.86. The van der Waals surface area contributed by atoms with Crippen molar-refractivity contribution in [2.45, 2.75) is 31.2 Å². The lowest BCUT2D eigenvalue weighted by molar-refractivity contribution is -0.132. The van der Waals surface area contributed by atoms with E-state index in [-0.39, 0.29) is 18.1 Å². The molecule has 0 saturated carbocycles. The van der Waals surface area contributed by atoms with Crippen molar-refractivity contribution < 1.29 is 9.18 Å². The van der Waals surface area contributed by atoms with E-state index < -0.39 is 0 Å². The number of hydrazine groups is 1. The van der Waals surface area contributed by atoms with Crippen LogP contribution in [0, 0.1) is 11.7 Å². The third-order valence-corrected chi connectivity index (χ3v) is 5.86. The smallest absolute Gasteiger partial charge is 0.227 e. The molecule has 1 aromatic heterocycles. The van der Waals surface area contributed by atoms with Gasteiger partial charge in [0.25, 0.3) is 0 Å². The summed E-state index contributed by atoms with van der Waals surface area (Å²) in [5.74, 6) is 0.637. The number of hydrogen-bond acceptors (Lipinski definition) is 4. The summed E-state index contributed by atoms with van der Waals surface area (Å²) in [5.41, 5.74) is 8.51. The highest BCUT2D eigenvalue weighted by molar-refractivity contribution is 5.78. The summed E-state index contributed by atoms with van der Waals surface area (Å²) in [5, 5.41) is 0. The molecule has 0 aliphatic carbocycles. The maximum Gasteiger partial charge on any atom is 0.227 e. The molecule has 27 heavy (non-hydrogen) atoms. The van der Waals surface area contributed by atoms with Gasteiger partial charge in [-0.25, -0.2) is 4.39 Å². The van der Waals surface area contributed by atoms with Gasteiger partial charge >= 0.3 is 0 Å². The van der Waals surface area contributed by atoms with E-state index in [9.17, 15) is 9.18 Å². The van der Waals surface area contributed by atoms with Gasteiger partial charge < -0.3 is 4.90 Å². The van der Waals surface area contributed by atoms with Crippen molar-refractivity contribution in [3.63, 3.8) is 0 Å². The van der Waals surface area contributed by atoms with E-state index in [0.29, 0.717) is 23.4 Å². The molecule has 6 heteroatoms. The van der Waals surface area contributed by atoms with Crippen LogP contribution in [-0.2, 0) is 11.2 Å². The quantitative estimate of drug-likeness (QED) is 0.869. The van der Waals surface area contributed by atoms with Crippen LogP contribution in [0.4, 0.5) is 4.39 Å². The van der Waals surface area contributed by atoms with Crippen LogP contribution in [0.25, 0.3) is 0 Å². The molecule has 2 saturated heterocycles. The molecule has 4 rings (SSSR count). The van der Waals surface area contributed by atoms with Gasteiger partial charge in [0, 0.05) is 44.0 Å². The Kier molecular flexibility index (Phi) is 5.45. The van der Waals surface area contributed by atoms with Crippen LogP contribution in [0.15, 0.2) is 48.8 Å². The fourth-order valence-corrected chi connectivity index (χ4v) is 4.32. The van der Waals surface area contributed by atoms with Crippen molar-refractivity contribution in [3.8, 4) is 0 Å². The topological polar surface area (TPSA) is 57.3 Å². The van der Waals surface area contributed by atoms with Crippen LogP contribution in [0.5, 0.6) is 0 Å². The van der Waals surface area contributed by atoms with Crippen LogP contribution in [0.2, 0.25) is 0 Å². The summed E-state index contributed by atoms with van der Waals surface area (Å²) in [4.78, 5) is 18.6. The van der Waals surface area contributed by atoms with Crippen molar-refractivity contribution in [2.24, 2.45) is 5.92 Å². The van der Waals surface area contributed by atoms with E-state index in [1.807, 2.05) is 17.3 Å². The lowest BCUT2D eigenvalue weighted by atomic mass is 9.80. The Morgan fingerprint density at radius 2 is 1.89 bits per heavy atom. The second kappa shape index (κ2) is 8.15. The Balaban J connectivity index is 1.35. The van der Waals surface area contributed by atoms with Crippen LogP contribution < -0.4 is 10.9 Å². The minimum atomic E-state index is -0.304. The molecule has 0 bridgehead atoms. The largest absolute Gasteiger partial charge is 0.342 e. The normalized spacial score (nSPS) is 23.5. The highest BCUT2D eigenvalue weighted by Crippen LogP contribution is 2.32. The minimum Gasteiger partial charge on any atom is -0.342 e. The second-order valence-electron chi connectivity index (χ2n) is 7.42. The SMILES string of the molecule is O=C(Cc1ccccc1F)N1CCC(C2NNCC2c2ccncc2)CC1. The molecule has 1 amide bonds. The van der Waals surface area contributed by atoms with Crippen molar-refractivity contribution >= 4 is 5.91 Å². The molecule has 2 aromatic rings. The van der Waals surface area contributed by atoms with Gasteiger partial charge in [0.15, 0.2) is 0 Å². The van der Waals surface area contributed by atoms with Crippen LogP contribution in [0.3, 0.4) is 0 Å². The van der Waals surface area contributed by atoms with E-state index in [0.717, 1.165) is 32.5 Å². The molecule has 1 aromatic carbocycles. The molecule has 142 valence electrons. The van der Waals surface area contributed by atoms with Gasteiger partial charge in [-0.3, -0.25) is 20.6 Å². The molecule has 2 aliphatic heterocycles. The number of carbonyl (C=O) groups excluding carboxylic acids is 1. The van der Waals surface area contributed by atoms with Gasteiger partial charge in [-0.05, 0) is 48.1 Å². The Labute approximate surface area is 159 Å². The number of piperidine rings is 1. The number of halogens is 1. The number of nitrogens with zero attached hydrogens (tertiary/aromatic N) is 2. The lowest BCUT2D eigenvalue weighted by Crippen LogP contribution is -2.46. The first-order valence-electron chi connectivity index (χ1n) is 9.62. The first kappa shape index (κ1) is 18.1. The number of amides is 1. The maximum atomic E-state index is 13.8. The van der Waals surface area contributed by atoms with E-state index >= 15 is 0 Å². The Bertz CT molecular complexity index is 777. The number of hydrogen-bond donors (Lipinski definition) is 2. The van der Waals surface area contributed by atoms with Gasteiger partial charge in [-0.2, -0.15) is 0 Å². The van der Waals surface area contributed by atoms with Crippen LogP contribution >= 0.6 is 0 Å². The Hall–Kier alpha value is -2.31. The number of benzene rings is 1. The molecule has 2 aliphatic rings. The molecule has 2 fully saturated rings. The summed E-state index contributed by atoms with van der Waals surface area (Å²) >= 11 is 0. The zero-order chi connectivity index (χ0) is 18.6. The molecule has 5 nitrogen and oxygen atoms in total. The zero-order valence-electron chi connectivity index (χ0n) is 15.3. The van der Waals surface area contributed by atoms with Gasteiger partial charge in [-0.15, -0.1) is 0 Å². The number of carbonyl (C=O) groups is 1. The standard InChI is InChI=1S/C21H25FN4O/c22-19-4-2-1-3-17(19)13-20(27)26-11-7-16(8-12-26)21-18(14-24-25-21)15-5-9-23-10-6-15/h1-6,9-10,16,18,21,24-25H,7-8,11-14H2. The van der Waals surface area contributed by atoms with E-state index in [2.05, 4.69) is 28.0 Å². The average Bonchev–Trinajstić information content (AvgIpc) is 3.20. The van der Waals surface area contributed by atoms with Gasteiger partial charge in [-0.1, -0.05) is 18.2 Å². The summed E-state index contributed by atoms with van der Waals surface area (Å²) in [7, 11) is 0. The summed E-state index contributed by atoms with van der Waals surface area (Å²) in [6, 6.07) is 11.0. The molecular weight excluding hydrogens is 343 g/mol. The predicted molar refractivity (Wildman–Crippen MR) is 101 cm³/mol. The average molecular weight is 368 g/mol. The van der Waals surface area contributed by atoms with Crippen molar-refractivity contribution in [1.82, 2.24) is 20.7 Å². The number of nitrogens with one attached hydrogen (secondary N) is 2. The molecule has 2 N–H and O–H groups in total. The van der Waals surface area contributed by atoms with E-state index in [1.165, 1.54) is 11.6 Å². The monoisotopic (exact) mass is 368 g/mol. The van der Waals surface area contributed by atoms with Crippen molar-refractivity contribution in [2.75, 3.05) is 19.6 Å². The second-order valence-corrected chi connectivity index (χ2v) is 7.42. The van der Waals surface area contributed by atoms with E-state index in [1.54, 1.807) is 18.2 Å². The van der Waals surface area contributed by atoms with Crippen LogP contribution in [-0.4, -0.2) is 41.5 Å². The first-order chi connectivity index (χ1) is 13.2. The van der Waals surface area contributed by atoms with E-state index in [4.69, 9.17) is 0 Å². The lowest BCUT2D eigenvalue weighted by Gasteiger charge is -2.36. The van der Waals surface area contributed by atoms with Gasteiger partial charge in [0.1, 0.15) is 5.82 Å². The number of rotatable bonds is 4. The number of likely N-dealkylation sites (tertiary alicyclic amines) is 1. The number of pyridine rings is 1. The molecule has 2 atom stereocenters. The molecule has 0 spiro atoms. The minimum absolute atomic E-state index is 0.0155. The molecular formula is C21H25FN4O. The first-order valence-corrected chi connectivity index (χ1v) is 9.62. The van der Waals surface area contributed by atoms with Crippen molar-refractivity contribution in [3.05, 3.63) is 65.7 Å². The summed E-state index contributed by atoms with van der Waals surface area (Å²) < 4.78 is 13.8. The Morgan fingerprint density at radius 1 is 1.15 bits per heavy atom. The molecule has 3 heterocycles. The summed E-state index contributed by atoms with van der Waals surface area (Å²) in [6.45, 7) is 2.37. The zero-order valence-corrected chi connectivity index (χ0v) is 15.3. The molecule has 2 unspecified atom stereocenters. The third kappa shape index (κ3) is 4.01. The van der Waals surface area contributed by atoms with Crippen LogP contribution in [0.1, 0.15) is 29.9 Å². The van der Waals surface area contributed by atoms with Gasteiger partial charge in [0.2, 0.25) is 5.91 Å². The van der Waals surface area contributed by atoms with Crippen molar-refractivity contribution in [1.29, 1.82) is 0 Å². The molecule has 0 radical (unpaired) electrons. The van der Waals surface area contributed by atoms with Gasteiger partial charge in [0.05, 0.1) is 6.42 Å². The summed E-state index contributed by atoms with van der Waals surface area (Å²) in [6.07, 6.45) is 5.75. The highest BCUT2D eigenvalue weighted by atomic mass is 19.1.